The highest BCUT2D eigenvalue weighted by Gasteiger charge is 2.26. The summed E-state index contributed by atoms with van der Waals surface area (Å²) in [5.74, 6) is 1.92. The number of nitrogens with zero attached hydrogens (tertiary/aromatic N) is 1. The molecule has 0 aromatic rings. The Morgan fingerprint density at radius 2 is 1.62 bits per heavy atom. The van der Waals surface area contributed by atoms with E-state index in [9.17, 15) is 4.79 Å². The first-order valence-electron chi connectivity index (χ1n) is 8.77. The van der Waals surface area contributed by atoms with Gasteiger partial charge in [0, 0.05) is 32.2 Å². The summed E-state index contributed by atoms with van der Waals surface area (Å²) in [6.45, 7) is 7.38. The third-order valence-electron chi connectivity index (χ3n) is 5.42. The molecule has 0 radical (unpaired) electrons. The molecular weight excluding hydrogens is 262 g/mol. The first-order valence-corrected chi connectivity index (χ1v) is 8.77. The number of carbonyl (C=O) groups excluding carboxylic acids is 1. The van der Waals surface area contributed by atoms with Crippen LogP contribution in [-0.2, 0) is 4.79 Å². The Bertz CT molecular complexity index is 316. The van der Waals surface area contributed by atoms with E-state index >= 15 is 0 Å². The molecule has 1 amide bonds. The third kappa shape index (κ3) is 5.26. The van der Waals surface area contributed by atoms with Crippen LogP contribution in [0.15, 0.2) is 0 Å². The van der Waals surface area contributed by atoms with Crippen molar-refractivity contribution in [3.8, 4) is 0 Å². The predicted octanol–water partition coefficient (Wildman–Crippen LogP) is 2.00. The van der Waals surface area contributed by atoms with Crippen LogP contribution in [-0.4, -0.2) is 49.6 Å². The van der Waals surface area contributed by atoms with Crippen molar-refractivity contribution in [3.63, 3.8) is 0 Å². The van der Waals surface area contributed by atoms with E-state index in [0.29, 0.717) is 12.6 Å². The molecule has 1 heterocycles. The van der Waals surface area contributed by atoms with Crippen molar-refractivity contribution in [2.75, 3.05) is 26.7 Å². The minimum Gasteiger partial charge on any atom is -0.358 e. The third-order valence-corrected chi connectivity index (χ3v) is 5.42. The first-order chi connectivity index (χ1) is 10.1. The maximum absolute atomic E-state index is 11.4. The average molecular weight is 295 g/mol. The van der Waals surface area contributed by atoms with Crippen molar-refractivity contribution >= 4 is 5.91 Å². The lowest BCUT2D eigenvalue weighted by Gasteiger charge is -2.37. The normalized spacial score (nSPS) is 28.8. The Morgan fingerprint density at radius 3 is 2.14 bits per heavy atom. The molecule has 2 N–H and O–H groups in total. The van der Waals surface area contributed by atoms with Crippen LogP contribution in [0.25, 0.3) is 0 Å². The van der Waals surface area contributed by atoms with Crippen molar-refractivity contribution in [2.45, 2.75) is 64.5 Å². The van der Waals surface area contributed by atoms with Gasteiger partial charge in [-0.25, -0.2) is 0 Å². The van der Waals surface area contributed by atoms with Crippen molar-refractivity contribution in [3.05, 3.63) is 0 Å². The van der Waals surface area contributed by atoms with E-state index in [0.717, 1.165) is 31.0 Å². The minimum atomic E-state index is 0.133. The van der Waals surface area contributed by atoms with E-state index in [1.54, 1.807) is 7.05 Å². The molecular formula is C17H33N3O. The van der Waals surface area contributed by atoms with Gasteiger partial charge in [0.25, 0.3) is 0 Å². The number of nitrogens with one attached hydrogen (secondary N) is 2. The van der Waals surface area contributed by atoms with Gasteiger partial charge in [0.1, 0.15) is 0 Å². The van der Waals surface area contributed by atoms with Crippen LogP contribution >= 0.6 is 0 Å². The molecule has 2 fully saturated rings. The molecule has 1 saturated carbocycles. The van der Waals surface area contributed by atoms with E-state index in [2.05, 4.69) is 29.4 Å². The Morgan fingerprint density at radius 1 is 1.05 bits per heavy atom. The molecule has 122 valence electrons. The smallest absolute Gasteiger partial charge is 0.233 e. The number of amides is 1. The highest BCUT2D eigenvalue weighted by atomic mass is 16.1. The number of piperidine rings is 1. The Kier molecular flexibility index (Phi) is 6.49. The fourth-order valence-electron chi connectivity index (χ4n) is 3.83. The van der Waals surface area contributed by atoms with Crippen molar-refractivity contribution in [2.24, 2.45) is 11.8 Å². The number of likely N-dealkylation sites (N-methyl/N-ethyl adjacent to an activating group) is 1. The summed E-state index contributed by atoms with van der Waals surface area (Å²) >= 11 is 0. The summed E-state index contributed by atoms with van der Waals surface area (Å²) in [6.07, 6.45) is 7.85. The van der Waals surface area contributed by atoms with E-state index in [1.807, 2.05) is 0 Å². The second-order valence-corrected chi connectivity index (χ2v) is 7.25. The largest absolute Gasteiger partial charge is 0.358 e. The number of carbonyl (C=O) groups is 1. The van der Waals surface area contributed by atoms with Gasteiger partial charge in [-0.05, 0) is 50.4 Å². The lowest BCUT2D eigenvalue weighted by molar-refractivity contribution is -0.122. The lowest BCUT2D eigenvalue weighted by Crippen LogP contribution is -2.48. The molecule has 1 saturated heterocycles. The summed E-state index contributed by atoms with van der Waals surface area (Å²) in [5.41, 5.74) is 0. The van der Waals surface area contributed by atoms with Crippen molar-refractivity contribution < 1.29 is 4.79 Å². The van der Waals surface area contributed by atoms with Gasteiger partial charge in [-0.15, -0.1) is 0 Å². The van der Waals surface area contributed by atoms with Crippen LogP contribution in [0.3, 0.4) is 0 Å². The highest BCUT2D eigenvalue weighted by Crippen LogP contribution is 2.30. The van der Waals surface area contributed by atoms with E-state index < -0.39 is 0 Å². The Hall–Kier alpha value is -0.610. The zero-order valence-corrected chi connectivity index (χ0v) is 14.0. The first kappa shape index (κ1) is 16.8. The molecule has 0 atom stereocenters. The van der Waals surface area contributed by atoms with Crippen molar-refractivity contribution in [1.29, 1.82) is 0 Å². The average Bonchev–Trinajstić information content (AvgIpc) is 2.49. The van der Waals surface area contributed by atoms with Crippen LogP contribution in [0, 0.1) is 11.8 Å². The molecule has 0 unspecified atom stereocenters. The molecule has 1 aliphatic heterocycles. The van der Waals surface area contributed by atoms with Gasteiger partial charge >= 0.3 is 0 Å². The number of likely N-dealkylation sites (tertiary alicyclic amines) is 1. The molecule has 4 heteroatoms. The maximum atomic E-state index is 11.4. The van der Waals surface area contributed by atoms with Gasteiger partial charge in [-0.1, -0.05) is 13.8 Å². The standard InChI is InChI=1S/C17H33N3O/c1-13(2)14-4-6-15(7-5-14)19-16-8-10-20(11-9-16)12-17(21)18-3/h13-16,19H,4-12H2,1-3H3,(H,18,21). The van der Waals surface area contributed by atoms with Gasteiger partial charge in [-0.2, -0.15) is 0 Å². The van der Waals surface area contributed by atoms with Crippen LogP contribution in [0.4, 0.5) is 0 Å². The second kappa shape index (κ2) is 8.14. The van der Waals surface area contributed by atoms with Gasteiger partial charge in [0.2, 0.25) is 5.91 Å². The van der Waals surface area contributed by atoms with Crippen LogP contribution < -0.4 is 10.6 Å². The quantitative estimate of drug-likeness (QED) is 0.815. The number of rotatable bonds is 5. The SMILES string of the molecule is CNC(=O)CN1CCC(NC2CCC(C(C)C)CC2)CC1. The van der Waals surface area contributed by atoms with E-state index in [1.165, 1.54) is 38.5 Å². The zero-order valence-electron chi connectivity index (χ0n) is 14.0. The van der Waals surface area contributed by atoms with Gasteiger partial charge in [0.05, 0.1) is 6.54 Å². The predicted molar refractivity (Wildman–Crippen MR) is 87.2 cm³/mol. The number of hydrogen-bond donors (Lipinski definition) is 2. The van der Waals surface area contributed by atoms with Gasteiger partial charge in [-0.3, -0.25) is 9.69 Å². The molecule has 2 rings (SSSR count). The minimum absolute atomic E-state index is 0.133. The molecule has 0 aromatic carbocycles. The fraction of sp³-hybridized carbons (Fsp3) is 0.941. The molecule has 4 nitrogen and oxygen atoms in total. The highest BCUT2D eigenvalue weighted by molar-refractivity contribution is 5.77. The maximum Gasteiger partial charge on any atom is 0.233 e. The molecule has 0 spiro atoms. The molecule has 0 bridgehead atoms. The fourth-order valence-corrected chi connectivity index (χ4v) is 3.83. The van der Waals surface area contributed by atoms with E-state index in [4.69, 9.17) is 0 Å². The summed E-state index contributed by atoms with van der Waals surface area (Å²) in [7, 11) is 1.71. The molecule has 2 aliphatic rings. The molecule has 21 heavy (non-hydrogen) atoms. The summed E-state index contributed by atoms with van der Waals surface area (Å²) in [4.78, 5) is 13.7. The van der Waals surface area contributed by atoms with Crippen LogP contribution in [0.5, 0.6) is 0 Å². The number of hydrogen-bond acceptors (Lipinski definition) is 3. The topological polar surface area (TPSA) is 44.4 Å². The second-order valence-electron chi connectivity index (χ2n) is 7.25. The lowest BCUT2D eigenvalue weighted by atomic mass is 9.79. The Labute approximate surface area is 130 Å². The van der Waals surface area contributed by atoms with Crippen LogP contribution in [0.2, 0.25) is 0 Å². The zero-order chi connectivity index (χ0) is 15.2. The summed E-state index contributed by atoms with van der Waals surface area (Å²) < 4.78 is 0. The van der Waals surface area contributed by atoms with Crippen LogP contribution in [0.1, 0.15) is 52.4 Å². The summed E-state index contributed by atoms with van der Waals surface area (Å²) in [5, 5.41) is 6.58. The molecule has 1 aliphatic carbocycles. The summed E-state index contributed by atoms with van der Waals surface area (Å²) in [6, 6.07) is 1.39. The molecule has 0 aromatic heterocycles. The van der Waals surface area contributed by atoms with E-state index in [-0.39, 0.29) is 5.91 Å². The Balaban J connectivity index is 1.64. The van der Waals surface area contributed by atoms with Gasteiger partial charge in [0.15, 0.2) is 0 Å². The monoisotopic (exact) mass is 295 g/mol. The van der Waals surface area contributed by atoms with Gasteiger partial charge < -0.3 is 10.6 Å². The van der Waals surface area contributed by atoms with Crippen molar-refractivity contribution in [1.82, 2.24) is 15.5 Å².